The smallest absolute Gasteiger partial charge is 0.291 e. The van der Waals surface area contributed by atoms with Gasteiger partial charge in [0.25, 0.3) is 5.91 Å². The standard InChI is InChI=1S/C20H16N2O2S/c1-13-10-11-24-19(13)20(23)21-15-8-6-14(7-9-15)12-18-22-16-4-2-3-5-17(16)25-18/h2-11H,12H2,1H3,(H,21,23). The molecule has 25 heavy (non-hydrogen) atoms. The van der Waals surface area contributed by atoms with E-state index in [1.165, 1.54) is 11.0 Å². The highest BCUT2D eigenvalue weighted by Crippen LogP contribution is 2.24. The minimum atomic E-state index is -0.235. The number of anilines is 1. The van der Waals surface area contributed by atoms with Crippen LogP contribution in [0.2, 0.25) is 0 Å². The Labute approximate surface area is 149 Å². The summed E-state index contributed by atoms with van der Waals surface area (Å²) in [7, 11) is 0. The Hall–Kier alpha value is -2.92. The van der Waals surface area contributed by atoms with Crippen LogP contribution in [0, 0.1) is 6.92 Å². The van der Waals surface area contributed by atoms with E-state index in [-0.39, 0.29) is 5.91 Å². The first-order valence-electron chi connectivity index (χ1n) is 7.98. The molecule has 0 aliphatic rings. The predicted octanol–water partition coefficient (Wildman–Crippen LogP) is 5.04. The number of nitrogens with one attached hydrogen (secondary N) is 1. The van der Waals surface area contributed by atoms with E-state index in [1.54, 1.807) is 17.4 Å². The molecule has 2 heterocycles. The van der Waals surface area contributed by atoms with E-state index in [4.69, 9.17) is 4.42 Å². The van der Waals surface area contributed by atoms with Gasteiger partial charge in [0.15, 0.2) is 5.76 Å². The monoisotopic (exact) mass is 348 g/mol. The zero-order valence-corrected chi connectivity index (χ0v) is 14.5. The Morgan fingerprint density at radius 2 is 1.92 bits per heavy atom. The summed E-state index contributed by atoms with van der Waals surface area (Å²) >= 11 is 1.71. The van der Waals surface area contributed by atoms with E-state index in [1.807, 2.05) is 49.4 Å². The SMILES string of the molecule is Cc1ccoc1C(=O)Nc1ccc(Cc2nc3ccccc3s2)cc1. The predicted molar refractivity (Wildman–Crippen MR) is 100 cm³/mol. The molecule has 0 radical (unpaired) electrons. The molecule has 0 bridgehead atoms. The number of hydrogen-bond acceptors (Lipinski definition) is 4. The molecule has 2 aromatic carbocycles. The number of hydrogen-bond donors (Lipinski definition) is 1. The number of amides is 1. The third-order valence-electron chi connectivity index (χ3n) is 3.97. The molecular weight excluding hydrogens is 332 g/mol. The lowest BCUT2D eigenvalue weighted by Gasteiger charge is -2.05. The van der Waals surface area contributed by atoms with Crippen LogP contribution in [0.4, 0.5) is 5.69 Å². The first kappa shape index (κ1) is 15.6. The lowest BCUT2D eigenvalue weighted by atomic mass is 10.1. The zero-order valence-electron chi connectivity index (χ0n) is 13.7. The van der Waals surface area contributed by atoms with E-state index in [9.17, 15) is 4.79 Å². The van der Waals surface area contributed by atoms with Crippen molar-refractivity contribution in [1.82, 2.24) is 4.98 Å². The summed E-state index contributed by atoms with van der Waals surface area (Å²) in [6.45, 7) is 1.85. The summed E-state index contributed by atoms with van der Waals surface area (Å²) in [5.74, 6) is 0.111. The molecule has 0 spiro atoms. The van der Waals surface area contributed by atoms with Crippen molar-refractivity contribution in [3.63, 3.8) is 0 Å². The van der Waals surface area contributed by atoms with Gasteiger partial charge in [0.2, 0.25) is 0 Å². The van der Waals surface area contributed by atoms with Gasteiger partial charge in [0, 0.05) is 17.7 Å². The molecule has 0 saturated heterocycles. The fourth-order valence-electron chi connectivity index (χ4n) is 2.67. The molecule has 0 saturated carbocycles. The van der Waals surface area contributed by atoms with Crippen molar-refractivity contribution < 1.29 is 9.21 Å². The summed E-state index contributed by atoms with van der Waals surface area (Å²) < 4.78 is 6.41. The fraction of sp³-hybridized carbons (Fsp3) is 0.100. The molecule has 0 aliphatic heterocycles. The highest BCUT2D eigenvalue weighted by Gasteiger charge is 2.12. The fourth-order valence-corrected chi connectivity index (χ4v) is 3.67. The van der Waals surface area contributed by atoms with Crippen LogP contribution >= 0.6 is 11.3 Å². The average Bonchev–Trinajstić information content (AvgIpc) is 3.22. The van der Waals surface area contributed by atoms with Gasteiger partial charge in [-0.1, -0.05) is 24.3 Å². The van der Waals surface area contributed by atoms with Crippen molar-refractivity contribution in [2.75, 3.05) is 5.32 Å². The van der Waals surface area contributed by atoms with Gasteiger partial charge in [-0.3, -0.25) is 4.79 Å². The van der Waals surface area contributed by atoms with E-state index in [0.29, 0.717) is 5.76 Å². The first-order chi connectivity index (χ1) is 12.2. The normalized spacial score (nSPS) is 10.9. The van der Waals surface area contributed by atoms with Crippen LogP contribution in [-0.4, -0.2) is 10.9 Å². The number of carbonyl (C=O) groups excluding carboxylic acids is 1. The van der Waals surface area contributed by atoms with Gasteiger partial charge in [0.1, 0.15) is 0 Å². The van der Waals surface area contributed by atoms with Gasteiger partial charge in [-0.2, -0.15) is 0 Å². The van der Waals surface area contributed by atoms with Crippen LogP contribution in [0.1, 0.15) is 26.7 Å². The Balaban J connectivity index is 1.46. The average molecular weight is 348 g/mol. The van der Waals surface area contributed by atoms with E-state index in [2.05, 4.69) is 16.4 Å². The number of fused-ring (bicyclic) bond motifs is 1. The summed E-state index contributed by atoms with van der Waals surface area (Å²) in [6, 6.07) is 17.8. The Bertz CT molecular complexity index is 998. The van der Waals surface area contributed by atoms with E-state index in [0.717, 1.165) is 33.8 Å². The maximum Gasteiger partial charge on any atom is 0.291 e. The lowest BCUT2D eigenvalue weighted by Crippen LogP contribution is -2.12. The molecule has 5 heteroatoms. The number of benzene rings is 2. The molecule has 4 rings (SSSR count). The highest BCUT2D eigenvalue weighted by atomic mass is 32.1. The van der Waals surface area contributed by atoms with Crippen LogP contribution in [0.25, 0.3) is 10.2 Å². The van der Waals surface area contributed by atoms with Crippen molar-refractivity contribution in [2.45, 2.75) is 13.3 Å². The Morgan fingerprint density at radius 1 is 1.12 bits per heavy atom. The number of nitrogens with zero attached hydrogens (tertiary/aromatic N) is 1. The summed E-state index contributed by atoms with van der Waals surface area (Å²) in [5, 5.41) is 3.94. The molecule has 0 unspecified atom stereocenters. The molecule has 4 nitrogen and oxygen atoms in total. The zero-order chi connectivity index (χ0) is 17.2. The van der Waals surface area contributed by atoms with Crippen LogP contribution in [-0.2, 0) is 6.42 Å². The molecule has 2 aromatic heterocycles. The van der Waals surface area contributed by atoms with E-state index >= 15 is 0 Å². The summed E-state index contributed by atoms with van der Waals surface area (Å²) in [5.41, 5.74) is 3.77. The van der Waals surface area contributed by atoms with Crippen molar-refractivity contribution in [3.05, 3.63) is 82.8 Å². The number of furan rings is 1. The molecule has 0 aliphatic carbocycles. The van der Waals surface area contributed by atoms with Crippen LogP contribution in [0.15, 0.2) is 65.3 Å². The third-order valence-corrected chi connectivity index (χ3v) is 5.01. The number of rotatable bonds is 4. The van der Waals surface area contributed by atoms with Gasteiger partial charge >= 0.3 is 0 Å². The maximum atomic E-state index is 12.2. The number of para-hydroxylation sites is 1. The van der Waals surface area contributed by atoms with Gasteiger partial charge in [0.05, 0.1) is 21.5 Å². The Morgan fingerprint density at radius 3 is 2.64 bits per heavy atom. The molecule has 1 amide bonds. The molecule has 0 fully saturated rings. The third kappa shape index (κ3) is 3.32. The number of aromatic nitrogens is 1. The van der Waals surface area contributed by atoms with Crippen molar-refractivity contribution in [2.24, 2.45) is 0 Å². The van der Waals surface area contributed by atoms with Gasteiger partial charge in [-0.25, -0.2) is 4.98 Å². The number of thiazole rings is 1. The highest BCUT2D eigenvalue weighted by molar-refractivity contribution is 7.18. The van der Waals surface area contributed by atoms with E-state index < -0.39 is 0 Å². The van der Waals surface area contributed by atoms with Crippen molar-refractivity contribution in [1.29, 1.82) is 0 Å². The minimum Gasteiger partial charge on any atom is -0.459 e. The molecule has 4 aromatic rings. The van der Waals surface area contributed by atoms with Crippen LogP contribution in [0.3, 0.4) is 0 Å². The van der Waals surface area contributed by atoms with Crippen LogP contribution in [0.5, 0.6) is 0 Å². The molecular formula is C20H16N2O2S. The number of aryl methyl sites for hydroxylation is 1. The quantitative estimate of drug-likeness (QED) is 0.562. The van der Waals surface area contributed by atoms with Gasteiger partial charge in [-0.05, 0) is 42.8 Å². The second-order valence-corrected chi connectivity index (χ2v) is 6.95. The van der Waals surface area contributed by atoms with Gasteiger partial charge in [-0.15, -0.1) is 11.3 Å². The van der Waals surface area contributed by atoms with Gasteiger partial charge < -0.3 is 9.73 Å². The minimum absolute atomic E-state index is 0.235. The molecule has 0 atom stereocenters. The maximum absolute atomic E-state index is 12.2. The second-order valence-electron chi connectivity index (χ2n) is 5.84. The number of carbonyl (C=O) groups is 1. The van der Waals surface area contributed by atoms with Crippen LogP contribution < -0.4 is 5.32 Å². The second kappa shape index (κ2) is 6.53. The van der Waals surface area contributed by atoms with Crippen molar-refractivity contribution in [3.8, 4) is 0 Å². The molecule has 1 N–H and O–H groups in total. The summed E-state index contributed by atoms with van der Waals surface area (Å²) in [6.07, 6.45) is 2.30. The summed E-state index contributed by atoms with van der Waals surface area (Å²) in [4.78, 5) is 16.8. The first-order valence-corrected chi connectivity index (χ1v) is 8.79. The molecule has 124 valence electrons. The lowest BCUT2D eigenvalue weighted by molar-refractivity contribution is 0.0996. The van der Waals surface area contributed by atoms with Crippen molar-refractivity contribution >= 4 is 33.1 Å². The topological polar surface area (TPSA) is 55.1 Å². The Kier molecular flexibility index (Phi) is 4.07. The largest absolute Gasteiger partial charge is 0.459 e.